The van der Waals surface area contributed by atoms with Gasteiger partial charge >= 0.3 is 5.97 Å². The van der Waals surface area contributed by atoms with Gasteiger partial charge in [0.05, 0.1) is 6.42 Å². The van der Waals surface area contributed by atoms with Crippen molar-refractivity contribution in [3.63, 3.8) is 0 Å². The van der Waals surface area contributed by atoms with Crippen LogP contribution in [-0.2, 0) is 31.4 Å². The summed E-state index contributed by atoms with van der Waals surface area (Å²) in [5, 5.41) is 2.58. The third kappa shape index (κ3) is 6.83. The molecule has 1 atom stereocenters. The van der Waals surface area contributed by atoms with E-state index in [-0.39, 0.29) is 18.0 Å². The van der Waals surface area contributed by atoms with E-state index in [1.54, 1.807) is 18.5 Å². The molecule has 1 rings (SSSR count). The van der Waals surface area contributed by atoms with Crippen molar-refractivity contribution in [3.8, 4) is 0 Å². The lowest BCUT2D eigenvalue weighted by Crippen LogP contribution is -2.46. The molecule has 0 bridgehead atoms. The molecule has 0 fully saturated rings. The van der Waals surface area contributed by atoms with Gasteiger partial charge in [0, 0.05) is 25.3 Å². The number of nitrogens with one attached hydrogen (secondary N) is 2. The standard InChI is InChI=1S/C15H26N4O5S/c1-10(14(21)18-15(3,4)5)24-13(20)7-8-16-25(22,23)12-9-19(6)11(2)17-12/h9-10,16H,7-8H2,1-6H3,(H,18,21)/t10-/m1/s1. The van der Waals surface area contributed by atoms with Gasteiger partial charge in [0.1, 0.15) is 5.82 Å². The molecule has 10 heteroatoms. The number of carbonyl (C=O) groups excluding carboxylic acids is 2. The van der Waals surface area contributed by atoms with Crippen molar-refractivity contribution in [1.29, 1.82) is 0 Å². The maximum atomic E-state index is 12.1. The maximum absolute atomic E-state index is 12.1. The Balaban J connectivity index is 2.47. The second kappa shape index (κ2) is 7.96. The minimum absolute atomic E-state index is 0.112. The average Bonchev–Trinajstić information content (AvgIpc) is 2.77. The van der Waals surface area contributed by atoms with E-state index in [0.29, 0.717) is 5.82 Å². The van der Waals surface area contributed by atoms with Crippen molar-refractivity contribution in [1.82, 2.24) is 19.6 Å². The summed E-state index contributed by atoms with van der Waals surface area (Å²) in [5.41, 5.74) is -0.436. The highest BCUT2D eigenvalue weighted by Gasteiger charge is 2.23. The molecule has 1 aromatic rings. The summed E-state index contributed by atoms with van der Waals surface area (Å²) in [6.07, 6.45) is 0.231. The van der Waals surface area contributed by atoms with Crippen molar-refractivity contribution in [2.24, 2.45) is 7.05 Å². The molecule has 25 heavy (non-hydrogen) atoms. The van der Waals surface area contributed by atoms with Crippen LogP contribution in [0, 0.1) is 6.92 Å². The molecule has 0 aliphatic heterocycles. The molecular weight excluding hydrogens is 348 g/mol. The number of esters is 1. The van der Waals surface area contributed by atoms with Crippen molar-refractivity contribution >= 4 is 21.9 Å². The Bertz CT molecular complexity index is 714. The Morgan fingerprint density at radius 2 is 1.96 bits per heavy atom. The zero-order valence-electron chi connectivity index (χ0n) is 15.4. The summed E-state index contributed by atoms with van der Waals surface area (Å²) in [4.78, 5) is 27.5. The minimum atomic E-state index is -3.80. The van der Waals surface area contributed by atoms with Crippen LogP contribution in [0.15, 0.2) is 11.2 Å². The van der Waals surface area contributed by atoms with Gasteiger partial charge in [-0.25, -0.2) is 18.1 Å². The Labute approximate surface area is 148 Å². The fourth-order valence-electron chi connectivity index (χ4n) is 1.80. The Kier molecular flexibility index (Phi) is 6.72. The Morgan fingerprint density at radius 3 is 2.44 bits per heavy atom. The first-order chi connectivity index (χ1) is 11.3. The van der Waals surface area contributed by atoms with Gasteiger partial charge < -0.3 is 14.6 Å². The zero-order valence-corrected chi connectivity index (χ0v) is 16.2. The third-order valence-electron chi connectivity index (χ3n) is 3.16. The second-order valence-electron chi connectivity index (χ2n) is 6.76. The summed E-state index contributed by atoms with van der Waals surface area (Å²) < 4.78 is 33.0. The number of amides is 1. The first kappa shape index (κ1) is 21.1. The number of hydrogen-bond acceptors (Lipinski definition) is 6. The molecule has 0 saturated carbocycles. The van der Waals surface area contributed by atoms with E-state index in [9.17, 15) is 18.0 Å². The number of rotatable bonds is 7. The van der Waals surface area contributed by atoms with Crippen molar-refractivity contribution in [3.05, 3.63) is 12.0 Å². The van der Waals surface area contributed by atoms with Gasteiger partial charge in [-0.05, 0) is 34.6 Å². The normalized spacial score (nSPS) is 13.4. The first-order valence-corrected chi connectivity index (χ1v) is 9.31. The highest BCUT2D eigenvalue weighted by molar-refractivity contribution is 7.89. The van der Waals surface area contributed by atoms with E-state index >= 15 is 0 Å². The summed E-state index contributed by atoms with van der Waals surface area (Å²) in [5.74, 6) is -0.527. The molecule has 0 aromatic carbocycles. The van der Waals surface area contributed by atoms with E-state index in [0.717, 1.165) is 0 Å². The van der Waals surface area contributed by atoms with Crippen molar-refractivity contribution < 1.29 is 22.7 Å². The average molecular weight is 374 g/mol. The molecule has 0 radical (unpaired) electrons. The fourth-order valence-corrected chi connectivity index (χ4v) is 2.87. The van der Waals surface area contributed by atoms with E-state index in [1.807, 2.05) is 20.8 Å². The SMILES string of the molecule is Cc1nc(S(=O)(=O)NCCC(=O)O[C@H](C)C(=O)NC(C)(C)C)cn1C. The van der Waals surface area contributed by atoms with E-state index in [1.165, 1.54) is 13.1 Å². The molecule has 1 aromatic heterocycles. The minimum Gasteiger partial charge on any atom is -0.453 e. The van der Waals surface area contributed by atoms with Gasteiger partial charge in [0.2, 0.25) is 0 Å². The highest BCUT2D eigenvalue weighted by atomic mass is 32.2. The van der Waals surface area contributed by atoms with Gasteiger partial charge in [-0.2, -0.15) is 0 Å². The molecule has 142 valence electrons. The quantitative estimate of drug-likeness (QED) is 0.660. The van der Waals surface area contributed by atoms with Crippen LogP contribution in [-0.4, -0.2) is 48.0 Å². The molecular formula is C15H26N4O5S. The van der Waals surface area contributed by atoms with Gasteiger partial charge in [-0.1, -0.05) is 0 Å². The smallest absolute Gasteiger partial charge is 0.307 e. The van der Waals surface area contributed by atoms with Crippen molar-refractivity contribution in [2.75, 3.05) is 6.54 Å². The molecule has 2 N–H and O–H groups in total. The monoisotopic (exact) mass is 374 g/mol. The molecule has 0 spiro atoms. The van der Waals surface area contributed by atoms with Crippen LogP contribution < -0.4 is 10.0 Å². The summed E-state index contributed by atoms with van der Waals surface area (Å²) in [6, 6.07) is 0. The number of carbonyl (C=O) groups is 2. The largest absolute Gasteiger partial charge is 0.453 e. The summed E-state index contributed by atoms with van der Waals surface area (Å²) in [7, 11) is -2.11. The van der Waals surface area contributed by atoms with Gasteiger partial charge in [0.25, 0.3) is 15.9 Å². The lowest BCUT2D eigenvalue weighted by Gasteiger charge is -2.23. The molecule has 0 unspecified atom stereocenters. The van der Waals surface area contributed by atoms with Crippen LogP contribution in [0.4, 0.5) is 0 Å². The Hall–Kier alpha value is -1.94. The fraction of sp³-hybridized carbons (Fsp3) is 0.667. The topological polar surface area (TPSA) is 119 Å². The van der Waals surface area contributed by atoms with Crippen molar-refractivity contribution in [2.45, 2.75) is 57.7 Å². The molecule has 1 heterocycles. The number of aryl methyl sites for hydroxylation is 2. The summed E-state index contributed by atoms with van der Waals surface area (Å²) >= 11 is 0. The zero-order chi connectivity index (χ0) is 19.4. The predicted octanol–water partition coefficient (Wildman–Crippen LogP) is 0.243. The van der Waals surface area contributed by atoms with Crippen LogP contribution in [0.3, 0.4) is 0 Å². The molecule has 0 saturated heterocycles. The highest BCUT2D eigenvalue weighted by Crippen LogP contribution is 2.07. The van der Waals surface area contributed by atoms with E-state index in [4.69, 9.17) is 4.74 Å². The molecule has 1 amide bonds. The lowest BCUT2D eigenvalue weighted by atomic mass is 10.1. The second-order valence-corrected chi connectivity index (χ2v) is 8.47. The third-order valence-corrected chi connectivity index (χ3v) is 4.49. The number of ether oxygens (including phenoxy) is 1. The lowest BCUT2D eigenvalue weighted by molar-refractivity contribution is -0.155. The summed E-state index contributed by atoms with van der Waals surface area (Å²) in [6.45, 7) is 8.43. The van der Waals surface area contributed by atoms with E-state index in [2.05, 4.69) is 15.0 Å². The maximum Gasteiger partial charge on any atom is 0.307 e. The number of hydrogen-bond donors (Lipinski definition) is 2. The van der Waals surface area contributed by atoms with Crippen LogP contribution in [0.2, 0.25) is 0 Å². The van der Waals surface area contributed by atoms with E-state index < -0.39 is 33.5 Å². The molecule has 9 nitrogen and oxygen atoms in total. The predicted molar refractivity (Wildman–Crippen MR) is 91.2 cm³/mol. The van der Waals surface area contributed by atoms with Gasteiger partial charge in [-0.3, -0.25) is 9.59 Å². The first-order valence-electron chi connectivity index (χ1n) is 7.83. The number of sulfonamides is 1. The van der Waals surface area contributed by atoms with Crippen LogP contribution in [0.1, 0.15) is 39.9 Å². The number of imidazole rings is 1. The Morgan fingerprint density at radius 1 is 1.36 bits per heavy atom. The van der Waals surface area contributed by atoms with Crippen LogP contribution in [0.5, 0.6) is 0 Å². The van der Waals surface area contributed by atoms with Crippen LogP contribution in [0.25, 0.3) is 0 Å². The molecule has 0 aliphatic carbocycles. The van der Waals surface area contributed by atoms with Gasteiger partial charge in [-0.15, -0.1) is 0 Å². The van der Waals surface area contributed by atoms with Crippen LogP contribution >= 0.6 is 0 Å². The number of nitrogens with zero attached hydrogens (tertiary/aromatic N) is 2. The number of aromatic nitrogens is 2. The molecule has 0 aliphatic rings. The van der Waals surface area contributed by atoms with Gasteiger partial charge in [0.15, 0.2) is 11.1 Å².